The fourth-order valence-corrected chi connectivity index (χ4v) is 3.98. The number of hydrogen-bond donors (Lipinski definition) is 1. The summed E-state index contributed by atoms with van der Waals surface area (Å²) in [5.74, 6) is -0.276. The molecule has 0 saturated carbocycles. The number of aliphatic imine (C=N–C) groups is 2. The zero-order valence-electron chi connectivity index (χ0n) is 17.0. The van der Waals surface area contributed by atoms with E-state index in [0.29, 0.717) is 27.3 Å². The lowest BCUT2D eigenvalue weighted by atomic mass is 10.1. The van der Waals surface area contributed by atoms with E-state index < -0.39 is 0 Å². The van der Waals surface area contributed by atoms with Gasteiger partial charge in [-0.25, -0.2) is 0 Å². The molecule has 1 aliphatic heterocycles. The van der Waals surface area contributed by atoms with Gasteiger partial charge in [-0.1, -0.05) is 29.8 Å². The Kier molecular flexibility index (Phi) is 6.34. The van der Waals surface area contributed by atoms with Crippen LogP contribution in [0, 0.1) is 0 Å². The van der Waals surface area contributed by atoms with Crippen molar-refractivity contribution >= 4 is 63.4 Å². The largest absolute Gasteiger partial charge is 0.369 e. The van der Waals surface area contributed by atoms with Crippen LogP contribution in [0.15, 0.2) is 69.6 Å². The van der Waals surface area contributed by atoms with Gasteiger partial charge in [0.15, 0.2) is 5.17 Å². The lowest BCUT2D eigenvalue weighted by molar-refractivity contribution is -0.113. The average molecular weight is 450 g/mol. The van der Waals surface area contributed by atoms with E-state index in [9.17, 15) is 4.79 Å². The van der Waals surface area contributed by atoms with Crippen LogP contribution in [0.5, 0.6) is 0 Å². The lowest BCUT2D eigenvalue weighted by Gasteiger charge is -2.09. The fourth-order valence-electron chi connectivity index (χ4n) is 2.99. The number of halogens is 1. The van der Waals surface area contributed by atoms with E-state index in [2.05, 4.69) is 20.3 Å². The third kappa shape index (κ3) is 5.31. The zero-order chi connectivity index (χ0) is 21.8. The van der Waals surface area contributed by atoms with Crippen molar-refractivity contribution in [2.24, 2.45) is 9.98 Å². The van der Waals surface area contributed by atoms with E-state index >= 15 is 0 Å². The van der Waals surface area contributed by atoms with Crippen LogP contribution in [0.1, 0.15) is 11.1 Å². The first kappa shape index (κ1) is 21.1. The Labute approximate surface area is 189 Å². The molecule has 156 valence electrons. The minimum Gasteiger partial charge on any atom is -0.369 e. The van der Waals surface area contributed by atoms with E-state index in [-0.39, 0.29) is 5.91 Å². The van der Waals surface area contributed by atoms with Gasteiger partial charge in [0.2, 0.25) is 0 Å². The molecule has 0 radical (unpaired) electrons. The van der Waals surface area contributed by atoms with Gasteiger partial charge >= 0.3 is 0 Å². The quantitative estimate of drug-likeness (QED) is 0.335. The molecular formula is C23H20ClN5OS. The molecular weight excluding hydrogens is 430 g/mol. The minimum absolute atomic E-state index is 0.276. The number of nitrogens with zero attached hydrogens (tertiary/aromatic N) is 4. The molecule has 1 aliphatic rings. The number of amides is 1. The molecule has 0 atom stereocenters. The molecule has 2 aromatic carbocycles. The summed E-state index contributed by atoms with van der Waals surface area (Å²) in [6, 6.07) is 15.4. The first-order chi connectivity index (χ1) is 15.0. The maximum Gasteiger partial charge on any atom is 0.286 e. The Hall–Kier alpha value is -3.16. The number of thioether (sulfide) groups is 1. The SMILES string of the molecule is CN(C)/C=N\Cc1ccc(Cl)c(NC2=NC(=O)/C(=C/c3ccc4ncccc4c3)S2)c1. The Bertz CT molecular complexity index is 1240. The molecule has 31 heavy (non-hydrogen) atoms. The number of nitrogens with one attached hydrogen (secondary N) is 1. The van der Waals surface area contributed by atoms with Crippen molar-refractivity contribution in [3.63, 3.8) is 0 Å². The monoisotopic (exact) mass is 449 g/mol. The second-order valence-corrected chi connectivity index (χ2v) is 8.59. The summed E-state index contributed by atoms with van der Waals surface area (Å²) < 4.78 is 0. The molecule has 0 saturated heterocycles. The Morgan fingerprint density at radius 1 is 1.19 bits per heavy atom. The van der Waals surface area contributed by atoms with Gasteiger partial charge in [-0.2, -0.15) is 4.99 Å². The number of hydrogen-bond acceptors (Lipinski definition) is 5. The number of fused-ring (bicyclic) bond motifs is 1. The molecule has 1 amide bonds. The summed E-state index contributed by atoms with van der Waals surface area (Å²) >= 11 is 7.63. The molecule has 6 nitrogen and oxygen atoms in total. The van der Waals surface area contributed by atoms with Crippen molar-refractivity contribution in [1.29, 1.82) is 0 Å². The summed E-state index contributed by atoms with van der Waals surface area (Å²) in [4.78, 5) is 27.7. The highest BCUT2D eigenvalue weighted by atomic mass is 35.5. The van der Waals surface area contributed by atoms with Gasteiger partial charge in [-0.3, -0.25) is 14.8 Å². The number of carbonyl (C=O) groups excluding carboxylic acids is 1. The van der Waals surface area contributed by atoms with Gasteiger partial charge in [0.25, 0.3) is 5.91 Å². The summed E-state index contributed by atoms with van der Waals surface area (Å²) in [6.45, 7) is 0.532. The van der Waals surface area contributed by atoms with Gasteiger partial charge < -0.3 is 10.2 Å². The third-order valence-electron chi connectivity index (χ3n) is 4.40. The molecule has 8 heteroatoms. The molecule has 0 fully saturated rings. The van der Waals surface area contributed by atoms with Crippen molar-refractivity contribution in [1.82, 2.24) is 9.88 Å². The molecule has 0 unspecified atom stereocenters. The summed E-state index contributed by atoms with van der Waals surface area (Å²) in [5, 5.41) is 5.24. The van der Waals surface area contributed by atoms with E-state index in [1.54, 1.807) is 12.5 Å². The van der Waals surface area contributed by atoms with Gasteiger partial charge in [0, 0.05) is 25.7 Å². The highest BCUT2D eigenvalue weighted by molar-refractivity contribution is 8.18. The molecule has 4 rings (SSSR count). The van der Waals surface area contributed by atoms with E-state index in [4.69, 9.17) is 11.6 Å². The Morgan fingerprint density at radius 3 is 2.90 bits per heavy atom. The van der Waals surface area contributed by atoms with Crippen LogP contribution >= 0.6 is 23.4 Å². The van der Waals surface area contributed by atoms with E-state index in [1.807, 2.05) is 73.6 Å². The molecule has 2 heterocycles. The van der Waals surface area contributed by atoms with Crippen LogP contribution < -0.4 is 5.32 Å². The molecule has 0 spiro atoms. The van der Waals surface area contributed by atoms with Crippen molar-refractivity contribution in [2.75, 3.05) is 19.4 Å². The predicted molar refractivity (Wildman–Crippen MR) is 131 cm³/mol. The minimum atomic E-state index is -0.276. The first-order valence-corrected chi connectivity index (χ1v) is 10.8. The van der Waals surface area contributed by atoms with Crippen molar-refractivity contribution in [3.05, 3.63) is 75.8 Å². The number of pyridine rings is 1. The number of rotatable bonds is 5. The van der Waals surface area contributed by atoms with Gasteiger partial charge in [0.1, 0.15) is 0 Å². The Morgan fingerprint density at radius 2 is 2.06 bits per heavy atom. The molecule has 0 bridgehead atoms. The van der Waals surface area contributed by atoms with Crippen LogP contribution in [0.3, 0.4) is 0 Å². The van der Waals surface area contributed by atoms with Crippen LogP contribution in [0.25, 0.3) is 17.0 Å². The van der Waals surface area contributed by atoms with Crippen molar-refractivity contribution in [2.45, 2.75) is 6.54 Å². The van der Waals surface area contributed by atoms with Gasteiger partial charge in [-0.05, 0) is 59.3 Å². The van der Waals surface area contributed by atoms with Gasteiger partial charge in [-0.15, -0.1) is 0 Å². The number of carbonyl (C=O) groups is 1. The van der Waals surface area contributed by atoms with Gasteiger partial charge in [0.05, 0.1) is 34.0 Å². The highest BCUT2D eigenvalue weighted by Crippen LogP contribution is 2.32. The maximum absolute atomic E-state index is 12.4. The smallest absolute Gasteiger partial charge is 0.286 e. The Balaban J connectivity index is 1.49. The number of amidine groups is 1. The van der Waals surface area contributed by atoms with Crippen molar-refractivity contribution < 1.29 is 4.79 Å². The maximum atomic E-state index is 12.4. The van der Waals surface area contributed by atoms with Crippen LogP contribution in [-0.4, -0.2) is 41.4 Å². The number of aromatic nitrogens is 1. The average Bonchev–Trinajstić information content (AvgIpc) is 3.08. The molecule has 0 aliphatic carbocycles. The van der Waals surface area contributed by atoms with E-state index in [1.165, 1.54) is 11.8 Å². The second-order valence-electron chi connectivity index (χ2n) is 7.15. The lowest BCUT2D eigenvalue weighted by Crippen LogP contribution is -2.08. The van der Waals surface area contributed by atoms with Crippen LogP contribution in [-0.2, 0) is 11.3 Å². The fraction of sp³-hybridized carbons (Fsp3) is 0.130. The summed E-state index contributed by atoms with van der Waals surface area (Å²) in [6.07, 6.45) is 5.36. The topological polar surface area (TPSA) is 69.9 Å². The number of anilines is 1. The predicted octanol–water partition coefficient (Wildman–Crippen LogP) is 5.06. The first-order valence-electron chi connectivity index (χ1n) is 9.57. The molecule has 1 N–H and O–H groups in total. The van der Waals surface area contributed by atoms with E-state index in [0.717, 1.165) is 22.0 Å². The molecule has 3 aromatic rings. The zero-order valence-corrected chi connectivity index (χ0v) is 18.6. The third-order valence-corrected chi connectivity index (χ3v) is 5.63. The normalized spacial score (nSPS) is 15.1. The van der Waals surface area contributed by atoms with Crippen LogP contribution in [0.4, 0.5) is 5.69 Å². The highest BCUT2D eigenvalue weighted by Gasteiger charge is 2.22. The summed E-state index contributed by atoms with van der Waals surface area (Å²) in [7, 11) is 3.84. The number of benzene rings is 2. The van der Waals surface area contributed by atoms with Crippen molar-refractivity contribution in [3.8, 4) is 0 Å². The van der Waals surface area contributed by atoms with Crippen LogP contribution in [0.2, 0.25) is 5.02 Å². The molecule has 1 aromatic heterocycles. The standard InChI is InChI=1S/C23H20ClN5OS/c1-29(2)14-25-13-16-5-7-18(24)20(11-16)27-23-28-22(30)21(31-23)12-15-6-8-19-17(10-15)4-3-9-26-19/h3-12,14H,13H2,1-2H3,(H,27,28,30)/b21-12-,25-14-. The summed E-state index contributed by atoms with van der Waals surface area (Å²) in [5.41, 5.74) is 3.53. The second kappa shape index (κ2) is 9.32.